The van der Waals surface area contributed by atoms with Gasteiger partial charge in [-0.3, -0.25) is 9.36 Å². The van der Waals surface area contributed by atoms with Gasteiger partial charge in [0.15, 0.2) is 0 Å². The van der Waals surface area contributed by atoms with E-state index in [1.807, 2.05) is 27.2 Å². The Morgan fingerprint density at radius 3 is 1.27 bits per heavy atom. The molecule has 0 aliphatic rings. The molecular formula is C64H109N2O6P. The number of carbonyl (C=O) groups is 1. The maximum Gasteiger partial charge on any atom is 0.268 e. The number of allylic oxidation sites excluding steroid dienone is 21. The fraction of sp³-hybridized carbons (Fsp3) is 0.641. The molecule has 9 heteroatoms. The van der Waals surface area contributed by atoms with Crippen molar-refractivity contribution in [3.8, 4) is 0 Å². The van der Waals surface area contributed by atoms with Gasteiger partial charge in [0.25, 0.3) is 7.82 Å². The average molecular weight is 1030 g/mol. The zero-order valence-corrected chi connectivity index (χ0v) is 48.2. The fourth-order valence-corrected chi connectivity index (χ4v) is 8.28. The van der Waals surface area contributed by atoms with Crippen LogP contribution in [0.15, 0.2) is 134 Å². The molecule has 0 aliphatic heterocycles. The molecule has 0 heterocycles. The predicted octanol–water partition coefficient (Wildman–Crippen LogP) is 17.3. The van der Waals surface area contributed by atoms with Gasteiger partial charge in [0.2, 0.25) is 5.91 Å². The van der Waals surface area contributed by atoms with Crippen molar-refractivity contribution >= 4 is 13.7 Å². The molecule has 0 bridgehead atoms. The quantitative estimate of drug-likeness (QED) is 0.0272. The van der Waals surface area contributed by atoms with Gasteiger partial charge < -0.3 is 28.8 Å². The molecule has 416 valence electrons. The first kappa shape index (κ1) is 69.6. The average Bonchev–Trinajstić information content (AvgIpc) is 3.35. The highest BCUT2D eigenvalue weighted by atomic mass is 31.2. The number of aliphatic hydroxyl groups excluding tert-OH is 1. The Labute approximate surface area is 449 Å². The highest BCUT2D eigenvalue weighted by Gasteiger charge is 2.23. The van der Waals surface area contributed by atoms with Gasteiger partial charge >= 0.3 is 0 Å². The molecule has 0 aromatic carbocycles. The number of quaternary nitrogens is 1. The number of amides is 1. The first-order chi connectivity index (χ1) is 35.5. The molecule has 0 saturated heterocycles. The first-order valence-corrected chi connectivity index (χ1v) is 30.5. The van der Waals surface area contributed by atoms with Crippen molar-refractivity contribution in [2.45, 2.75) is 225 Å². The molecule has 3 unspecified atom stereocenters. The van der Waals surface area contributed by atoms with Crippen molar-refractivity contribution in [2.75, 3.05) is 40.9 Å². The van der Waals surface area contributed by atoms with Crippen molar-refractivity contribution in [3.63, 3.8) is 0 Å². The molecule has 0 aromatic rings. The molecular weight excluding hydrogens is 924 g/mol. The van der Waals surface area contributed by atoms with E-state index in [0.717, 1.165) is 109 Å². The van der Waals surface area contributed by atoms with Crippen molar-refractivity contribution in [1.29, 1.82) is 0 Å². The summed E-state index contributed by atoms with van der Waals surface area (Å²) in [5.41, 5.74) is 0. The molecule has 0 aliphatic carbocycles. The van der Waals surface area contributed by atoms with Crippen LogP contribution < -0.4 is 10.2 Å². The maximum absolute atomic E-state index is 13.0. The van der Waals surface area contributed by atoms with E-state index in [4.69, 9.17) is 9.05 Å². The monoisotopic (exact) mass is 1030 g/mol. The molecule has 0 aromatic heterocycles. The number of aliphatic hydroxyl groups is 1. The van der Waals surface area contributed by atoms with Gasteiger partial charge in [0, 0.05) is 6.42 Å². The molecule has 0 saturated carbocycles. The van der Waals surface area contributed by atoms with Crippen LogP contribution in [0.2, 0.25) is 0 Å². The number of hydrogen-bond donors (Lipinski definition) is 2. The summed E-state index contributed by atoms with van der Waals surface area (Å²) in [6.07, 6.45) is 81.0. The third-order valence-corrected chi connectivity index (χ3v) is 13.0. The van der Waals surface area contributed by atoms with Crippen LogP contribution in [0.4, 0.5) is 0 Å². The zero-order valence-electron chi connectivity index (χ0n) is 47.3. The smallest absolute Gasteiger partial charge is 0.268 e. The largest absolute Gasteiger partial charge is 0.756 e. The van der Waals surface area contributed by atoms with Crippen molar-refractivity contribution in [3.05, 3.63) is 134 Å². The first-order valence-electron chi connectivity index (χ1n) is 29.0. The molecule has 73 heavy (non-hydrogen) atoms. The zero-order chi connectivity index (χ0) is 53.5. The second kappa shape index (κ2) is 53.5. The second-order valence-corrected chi connectivity index (χ2v) is 21.7. The number of unbranched alkanes of at least 4 members (excludes halogenated alkanes) is 18. The number of phosphoric acid groups is 1. The molecule has 0 fully saturated rings. The van der Waals surface area contributed by atoms with E-state index in [1.165, 1.54) is 83.5 Å². The molecule has 2 N–H and O–H groups in total. The minimum absolute atomic E-state index is 0.0165. The van der Waals surface area contributed by atoms with Gasteiger partial charge in [-0.05, 0) is 109 Å². The van der Waals surface area contributed by atoms with Crippen LogP contribution in [0.25, 0.3) is 0 Å². The number of likely N-dealkylation sites (N-methyl/N-ethyl adjacent to an activating group) is 1. The van der Waals surface area contributed by atoms with Gasteiger partial charge in [-0.25, -0.2) is 0 Å². The third-order valence-electron chi connectivity index (χ3n) is 12.1. The molecule has 0 rings (SSSR count). The van der Waals surface area contributed by atoms with Crippen LogP contribution >= 0.6 is 7.82 Å². The van der Waals surface area contributed by atoms with E-state index in [9.17, 15) is 19.4 Å². The van der Waals surface area contributed by atoms with Crippen molar-refractivity contribution in [2.24, 2.45) is 0 Å². The Kier molecular flexibility index (Phi) is 51.0. The van der Waals surface area contributed by atoms with Crippen LogP contribution in [0.3, 0.4) is 0 Å². The van der Waals surface area contributed by atoms with Crippen molar-refractivity contribution in [1.82, 2.24) is 5.32 Å². The van der Waals surface area contributed by atoms with Crippen LogP contribution in [-0.2, 0) is 18.4 Å². The minimum atomic E-state index is -4.62. The maximum atomic E-state index is 13.0. The van der Waals surface area contributed by atoms with E-state index < -0.39 is 26.6 Å². The number of phosphoric ester groups is 1. The molecule has 3 atom stereocenters. The van der Waals surface area contributed by atoms with Gasteiger partial charge in [0.05, 0.1) is 39.9 Å². The summed E-state index contributed by atoms with van der Waals surface area (Å²) in [5, 5.41) is 13.8. The number of hydrogen-bond acceptors (Lipinski definition) is 6. The van der Waals surface area contributed by atoms with Crippen LogP contribution in [-0.4, -0.2) is 68.5 Å². The highest BCUT2D eigenvalue weighted by molar-refractivity contribution is 7.45. The Hall–Kier alpha value is -3.36. The summed E-state index contributed by atoms with van der Waals surface area (Å²) in [6.45, 7) is 4.47. The number of rotatable bonds is 51. The summed E-state index contributed by atoms with van der Waals surface area (Å²) in [5.74, 6) is -0.222. The van der Waals surface area contributed by atoms with Crippen LogP contribution in [0, 0.1) is 0 Å². The summed E-state index contributed by atoms with van der Waals surface area (Å²) in [7, 11) is 1.21. The van der Waals surface area contributed by atoms with E-state index >= 15 is 0 Å². The van der Waals surface area contributed by atoms with Gasteiger partial charge in [0.1, 0.15) is 13.2 Å². The molecule has 8 nitrogen and oxygen atoms in total. The van der Waals surface area contributed by atoms with Crippen molar-refractivity contribution < 1.29 is 32.9 Å². The summed E-state index contributed by atoms with van der Waals surface area (Å²) < 4.78 is 23.3. The third kappa shape index (κ3) is 56.2. The predicted molar refractivity (Wildman–Crippen MR) is 315 cm³/mol. The lowest BCUT2D eigenvalue weighted by atomic mass is 10.0. The normalized spacial score (nSPS) is 14.9. The summed E-state index contributed by atoms with van der Waals surface area (Å²) in [4.78, 5) is 25.5. The molecule has 1 amide bonds. The number of nitrogens with one attached hydrogen (secondary N) is 1. The Bertz CT molecular complexity index is 1640. The lowest BCUT2D eigenvalue weighted by Gasteiger charge is -2.29. The van der Waals surface area contributed by atoms with E-state index in [2.05, 4.69) is 141 Å². The Morgan fingerprint density at radius 1 is 0.493 bits per heavy atom. The van der Waals surface area contributed by atoms with Crippen LogP contribution in [0.1, 0.15) is 213 Å². The number of carbonyl (C=O) groups excluding carboxylic acids is 1. The van der Waals surface area contributed by atoms with E-state index in [0.29, 0.717) is 17.4 Å². The van der Waals surface area contributed by atoms with Crippen LogP contribution in [0.5, 0.6) is 0 Å². The molecule has 0 spiro atoms. The van der Waals surface area contributed by atoms with E-state index in [1.54, 1.807) is 6.08 Å². The van der Waals surface area contributed by atoms with Gasteiger partial charge in [-0.15, -0.1) is 0 Å². The SMILES string of the molecule is CC/C=C\C/C=C\C/C=C\C/C=C\C/C=C\C/C=C\C/C=C\C/C=C\CCCCCCCCCCCCC(=O)NC(COP(=O)([O-])OCC[N+](C)(C)C)C(O)/C=C/CC/C=C/CC/C=C/CCCCCCCC. The lowest BCUT2D eigenvalue weighted by Crippen LogP contribution is -2.45. The topological polar surface area (TPSA) is 108 Å². The van der Waals surface area contributed by atoms with Gasteiger partial charge in [-0.1, -0.05) is 231 Å². The lowest BCUT2D eigenvalue weighted by molar-refractivity contribution is -0.870. The van der Waals surface area contributed by atoms with E-state index in [-0.39, 0.29) is 12.5 Å². The highest BCUT2D eigenvalue weighted by Crippen LogP contribution is 2.38. The molecule has 0 radical (unpaired) electrons. The summed E-state index contributed by atoms with van der Waals surface area (Å²) >= 11 is 0. The fourth-order valence-electron chi connectivity index (χ4n) is 7.55. The Morgan fingerprint density at radius 2 is 0.849 bits per heavy atom. The second-order valence-electron chi connectivity index (χ2n) is 20.2. The summed E-state index contributed by atoms with van der Waals surface area (Å²) in [6, 6.07) is -0.921. The standard InChI is InChI=1S/C64H109N2O6P/c1-6-8-10-12-14-16-18-20-22-24-25-26-27-28-29-30-31-32-33-34-35-36-37-38-39-40-41-42-44-46-48-50-52-54-56-58-64(68)65-62(61-72-73(69,70)71-60-59-66(3,4)5)63(67)57-55-53-51-49-47-45-43-23-21-19-17-15-13-11-9-7-2/h8,10,14,16,20-23,25-26,28-29,31-32,34-35,37-38,47,49,55,57,62-63,67H,6-7,9,11-13,15,17-19,24,27,30,33,36,39-46,48,50-54,56,58-61H2,1-5H3,(H-,65,68,69,70)/b10-8-,16-14-,22-20-,23-21+,26-25-,29-28-,32-31-,35-34-,38-37-,49-47+,57-55+. The number of nitrogens with zero attached hydrogens (tertiary/aromatic N) is 1. The minimum Gasteiger partial charge on any atom is -0.756 e. The van der Waals surface area contributed by atoms with Gasteiger partial charge in [-0.2, -0.15) is 0 Å². The Balaban J connectivity index is 4.21.